The van der Waals surface area contributed by atoms with E-state index in [1.54, 1.807) is 19.1 Å². The molecule has 6 heteroatoms. The number of carbonyl (C=O) groups is 1. The molecular weight excluding hydrogens is 458 g/mol. The Balaban J connectivity index is 1.73. The van der Waals surface area contributed by atoms with Crippen LogP contribution < -0.4 is 14.4 Å². The van der Waals surface area contributed by atoms with Crippen LogP contribution in [0.3, 0.4) is 0 Å². The molecule has 3 aromatic carbocycles. The molecule has 0 aliphatic carbocycles. The van der Waals surface area contributed by atoms with Crippen molar-refractivity contribution in [3.63, 3.8) is 0 Å². The average molecular weight is 482 g/mol. The number of fused-ring (bicyclic) bond motifs is 1. The molecule has 0 spiro atoms. The Bertz CT molecular complexity index is 1070. The zero-order valence-electron chi connectivity index (χ0n) is 17.5. The zero-order valence-corrected chi connectivity index (χ0v) is 19.1. The maximum absolute atomic E-state index is 13.4. The first kappa shape index (κ1) is 21.2. The van der Waals surface area contributed by atoms with E-state index in [1.807, 2.05) is 66.7 Å². The van der Waals surface area contributed by atoms with Gasteiger partial charge in [0, 0.05) is 5.56 Å². The molecule has 0 fully saturated rings. The first-order chi connectivity index (χ1) is 15.1. The molecule has 4 rings (SSSR count). The van der Waals surface area contributed by atoms with E-state index in [2.05, 4.69) is 15.9 Å². The molecule has 1 unspecified atom stereocenters. The van der Waals surface area contributed by atoms with E-state index in [9.17, 15) is 4.79 Å². The van der Waals surface area contributed by atoms with Crippen LogP contribution >= 0.6 is 15.9 Å². The Hall–Kier alpha value is -2.99. The van der Waals surface area contributed by atoms with Crippen molar-refractivity contribution in [1.29, 1.82) is 0 Å². The van der Waals surface area contributed by atoms with E-state index in [4.69, 9.17) is 14.2 Å². The fourth-order valence-electron chi connectivity index (χ4n) is 4.01. The lowest BCUT2D eigenvalue weighted by atomic mass is 9.91. The van der Waals surface area contributed by atoms with Gasteiger partial charge >= 0.3 is 6.09 Å². The quantitative estimate of drug-likeness (QED) is 0.429. The molecule has 1 amide bonds. The number of hydrogen-bond acceptors (Lipinski definition) is 4. The molecular formula is C25H24BrNO4. The summed E-state index contributed by atoms with van der Waals surface area (Å²) < 4.78 is 17.6. The number of halogens is 1. The summed E-state index contributed by atoms with van der Waals surface area (Å²) in [6.45, 7) is 0.210. The van der Waals surface area contributed by atoms with Gasteiger partial charge in [0.25, 0.3) is 0 Å². The molecule has 0 bridgehead atoms. The molecule has 0 radical (unpaired) electrons. The third-order valence-electron chi connectivity index (χ3n) is 5.51. The second-order valence-corrected chi connectivity index (χ2v) is 8.18. The summed E-state index contributed by atoms with van der Waals surface area (Å²) in [4.78, 5) is 15.1. The Morgan fingerprint density at radius 1 is 1.00 bits per heavy atom. The molecule has 5 nitrogen and oxygen atoms in total. The minimum atomic E-state index is -0.391. The number of para-hydroxylation sites is 1. The van der Waals surface area contributed by atoms with Gasteiger partial charge in [0.15, 0.2) is 0 Å². The molecule has 3 aromatic rings. The number of nitrogens with zero attached hydrogens (tertiary/aromatic N) is 1. The van der Waals surface area contributed by atoms with Crippen molar-refractivity contribution in [3.8, 4) is 11.5 Å². The van der Waals surface area contributed by atoms with Gasteiger partial charge in [-0.05, 0) is 58.1 Å². The Morgan fingerprint density at radius 3 is 2.45 bits per heavy atom. The number of anilines is 1. The molecule has 0 aromatic heterocycles. The summed E-state index contributed by atoms with van der Waals surface area (Å²) >= 11 is 3.56. The highest BCUT2D eigenvalue weighted by molar-refractivity contribution is 9.10. The average Bonchev–Trinajstić information content (AvgIpc) is 2.82. The predicted octanol–water partition coefficient (Wildman–Crippen LogP) is 6.30. The largest absolute Gasteiger partial charge is 0.496 e. The summed E-state index contributed by atoms with van der Waals surface area (Å²) in [5.74, 6) is 1.50. The van der Waals surface area contributed by atoms with E-state index in [-0.39, 0.29) is 12.6 Å². The van der Waals surface area contributed by atoms with Crippen LogP contribution in [0.15, 0.2) is 71.2 Å². The summed E-state index contributed by atoms with van der Waals surface area (Å²) in [5, 5.41) is 0. The summed E-state index contributed by atoms with van der Waals surface area (Å²) in [6.07, 6.45) is 1.17. The maximum atomic E-state index is 13.4. The van der Waals surface area contributed by atoms with Crippen molar-refractivity contribution in [2.24, 2.45) is 0 Å². The van der Waals surface area contributed by atoms with Crippen molar-refractivity contribution in [3.05, 3.63) is 87.9 Å². The van der Waals surface area contributed by atoms with E-state index >= 15 is 0 Å². The van der Waals surface area contributed by atoms with Gasteiger partial charge in [0.05, 0.1) is 30.4 Å². The first-order valence-electron chi connectivity index (χ1n) is 10.1. The number of aryl methyl sites for hydroxylation is 1. The number of rotatable bonds is 5. The summed E-state index contributed by atoms with van der Waals surface area (Å²) in [6, 6.07) is 21.2. The Morgan fingerprint density at radius 2 is 1.71 bits per heavy atom. The van der Waals surface area contributed by atoms with Gasteiger partial charge in [-0.2, -0.15) is 0 Å². The van der Waals surface area contributed by atoms with Gasteiger partial charge in [-0.25, -0.2) is 4.79 Å². The third-order valence-corrected chi connectivity index (χ3v) is 6.13. The van der Waals surface area contributed by atoms with Gasteiger partial charge in [-0.3, -0.25) is 4.90 Å². The zero-order chi connectivity index (χ0) is 21.8. The van der Waals surface area contributed by atoms with Gasteiger partial charge in [0.1, 0.15) is 18.1 Å². The maximum Gasteiger partial charge on any atom is 0.415 e. The van der Waals surface area contributed by atoms with Crippen LogP contribution in [0, 0.1) is 0 Å². The van der Waals surface area contributed by atoms with E-state index in [1.165, 1.54) is 0 Å². The van der Waals surface area contributed by atoms with Gasteiger partial charge in [-0.1, -0.05) is 48.5 Å². The lowest BCUT2D eigenvalue weighted by Crippen LogP contribution is -2.39. The number of amides is 1. The topological polar surface area (TPSA) is 48.0 Å². The summed E-state index contributed by atoms with van der Waals surface area (Å²) in [7, 11) is 3.29. The van der Waals surface area contributed by atoms with E-state index < -0.39 is 6.09 Å². The van der Waals surface area contributed by atoms with Crippen molar-refractivity contribution in [2.75, 3.05) is 19.1 Å². The fraction of sp³-hybridized carbons (Fsp3) is 0.240. The molecule has 1 atom stereocenters. The SMILES string of the molecule is COc1cc2c(cc1Br)N(C(=O)OCc1ccccc1)C(c1ccccc1OC)CC2. The third kappa shape index (κ3) is 4.39. The van der Waals surface area contributed by atoms with Crippen LogP contribution in [0.2, 0.25) is 0 Å². The number of methoxy groups -OCH3 is 2. The van der Waals surface area contributed by atoms with Crippen LogP contribution in [0.5, 0.6) is 11.5 Å². The fourth-order valence-corrected chi connectivity index (χ4v) is 4.50. The van der Waals surface area contributed by atoms with Crippen molar-refractivity contribution >= 4 is 27.7 Å². The van der Waals surface area contributed by atoms with Crippen LogP contribution in [0.25, 0.3) is 0 Å². The molecule has 0 saturated carbocycles. The van der Waals surface area contributed by atoms with E-state index in [0.717, 1.165) is 51.2 Å². The predicted molar refractivity (Wildman–Crippen MR) is 124 cm³/mol. The standard InChI is InChI=1S/C25H24BrNO4/c1-29-23-11-7-6-10-19(23)21-13-12-18-14-24(30-2)20(26)15-22(18)27(21)25(28)31-16-17-8-4-3-5-9-17/h3-11,14-15,21H,12-13,16H2,1-2H3. The summed E-state index contributed by atoms with van der Waals surface area (Å²) in [5.41, 5.74) is 3.76. The second kappa shape index (κ2) is 9.43. The molecule has 160 valence electrons. The highest BCUT2D eigenvalue weighted by Gasteiger charge is 2.35. The minimum Gasteiger partial charge on any atom is -0.496 e. The molecule has 1 heterocycles. The molecule has 0 N–H and O–H groups in total. The van der Waals surface area contributed by atoms with Crippen LogP contribution in [-0.2, 0) is 17.8 Å². The van der Waals surface area contributed by atoms with Crippen molar-refractivity contribution in [1.82, 2.24) is 0 Å². The molecule has 1 aliphatic heterocycles. The monoisotopic (exact) mass is 481 g/mol. The van der Waals surface area contributed by atoms with Gasteiger partial charge in [-0.15, -0.1) is 0 Å². The van der Waals surface area contributed by atoms with E-state index in [0.29, 0.717) is 0 Å². The Labute approximate surface area is 190 Å². The van der Waals surface area contributed by atoms with Gasteiger partial charge < -0.3 is 14.2 Å². The van der Waals surface area contributed by atoms with Crippen molar-refractivity contribution in [2.45, 2.75) is 25.5 Å². The smallest absolute Gasteiger partial charge is 0.415 e. The molecule has 1 aliphatic rings. The van der Waals surface area contributed by atoms with Crippen LogP contribution in [0.4, 0.5) is 10.5 Å². The normalized spacial score (nSPS) is 15.2. The lowest BCUT2D eigenvalue weighted by Gasteiger charge is -2.37. The van der Waals surface area contributed by atoms with Crippen molar-refractivity contribution < 1.29 is 19.0 Å². The first-order valence-corrected chi connectivity index (χ1v) is 10.9. The lowest BCUT2D eigenvalue weighted by molar-refractivity contribution is 0.143. The number of ether oxygens (including phenoxy) is 3. The molecule has 31 heavy (non-hydrogen) atoms. The van der Waals surface area contributed by atoms with Crippen LogP contribution in [-0.4, -0.2) is 20.3 Å². The van der Waals surface area contributed by atoms with Crippen LogP contribution in [0.1, 0.15) is 29.2 Å². The molecule has 0 saturated heterocycles. The highest BCUT2D eigenvalue weighted by Crippen LogP contribution is 2.45. The Kier molecular flexibility index (Phi) is 6.47. The highest BCUT2D eigenvalue weighted by atomic mass is 79.9. The number of carbonyl (C=O) groups excluding carboxylic acids is 1. The minimum absolute atomic E-state index is 0.202. The number of hydrogen-bond donors (Lipinski definition) is 0. The second-order valence-electron chi connectivity index (χ2n) is 7.32. The van der Waals surface area contributed by atoms with Gasteiger partial charge in [0.2, 0.25) is 0 Å². The number of benzene rings is 3.